The largest absolute Gasteiger partial charge is 1.00 e. The molecule has 0 aliphatic rings. The molecule has 0 aromatic heterocycles. The molecule has 0 spiro atoms. The number of benzene rings is 4. The fraction of sp³-hybridized carbons (Fsp3) is 0.114. The van der Waals surface area contributed by atoms with Crippen LogP contribution in [0.4, 0.5) is 0 Å². The Kier molecular flexibility index (Phi) is 12.6. The van der Waals surface area contributed by atoms with Crippen LogP contribution >= 0.6 is 0 Å². The minimum absolute atomic E-state index is 0. The van der Waals surface area contributed by atoms with E-state index in [0.29, 0.717) is 0 Å². The topological polar surface area (TPSA) is 0 Å². The summed E-state index contributed by atoms with van der Waals surface area (Å²) in [6, 6.07) is 43.1. The van der Waals surface area contributed by atoms with E-state index in [1.54, 1.807) is 24.2 Å². The summed E-state index contributed by atoms with van der Waals surface area (Å²) >= 11 is 1.55. The van der Waals surface area contributed by atoms with Crippen molar-refractivity contribution < 1.29 is 49.0 Å². The minimum Gasteiger partial charge on any atom is -1.00 e. The quantitative estimate of drug-likeness (QED) is 0.261. The predicted octanol–water partition coefficient (Wildman–Crippen LogP) is 3.82. The molecule has 0 heterocycles. The Hall–Kier alpha value is -2.57. The maximum absolute atomic E-state index is 2.26. The molecule has 0 N–H and O–H groups in total. The van der Waals surface area contributed by atoms with Crippen molar-refractivity contribution >= 4 is 24.8 Å². The van der Waals surface area contributed by atoms with Crippen LogP contribution in [0.3, 0.4) is 0 Å². The van der Waals surface area contributed by atoms with Crippen molar-refractivity contribution in [3.63, 3.8) is 0 Å². The molecule has 0 nitrogen and oxygen atoms in total. The third-order valence-corrected chi connectivity index (χ3v) is 5.96. The van der Waals surface area contributed by atoms with Crippen LogP contribution in [0.1, 0.15) is 25.0 Å². The van der Waals surface area contributed by atoms with Crippen molar-refractivity contribution in [2.45, 2.75) is 27.7 Å². The second-order valence-corrected chi connectivity index (χ2v) is 11.9. The number of hydrogen-bond donors (Lipinski definition) is 0. The Balaban J connectivity index is 0.000000224. The van der Waals surface area contributed by atoms with Crippen molar-refractivity contribution in [1.82, 2.24) is 0 Å². The summed E-state index contributed by atoms with van der Waals surface area (Å²) in [5.41, 5.74) is 7.89. The zero-order valence-electron chi connectivity index (χ0n) is 22.3. The van der Waals surface area contributed by atoms with E-state index in [4.69, 9.17) is 0 Å². The van der Waals surface area contributed by atoms with Gasteiger partial charge in [-0.05, 0) is 11.1 Å². The third kappa shape index (κ3) is 8.21. The van der Waals surface area contributed by atoms with Gasteiger partial charge in [0.1, 0.15) is 0 Å². The van der Waals surface area contributed by atoms with Crippen LogP contribution in [0.5, 0.6) is 0 Å². The molecule has 0 amide bonds. The zero-order chi connectivity index (χ0) is 25.5. The first-order chi connectivity index (χ1) is 17.4. The Morgan fingerprint density at radius 2 is 0.868 bits per heavy atom. The van der Waals surface area contributed by atoms with E-state index in [1.165, 1.54) is 58.1 Å². The Labute approximate surface area is 254 Å². The fourth-order valence-corrected chi connectivity index (χ4v) is 4.51. The van der Waals surface area contributed by atoms with E-state index >= 15 is 0 Å². The van der Waals surface area contributed by atoms with Gasteiger partial charge in [0.2, 0.25) is 0 Å². The van der Waals surface area contributed by atoms with Crippen molar-refractivity contribution in [1.29, 1.82) is 0 Å². The second kappa shape index (κ2) is 15.1. The summed E-state index contributed by atoms with van der Waals surface area (Å²) in [6.07, 6.45) is 0. The molecule has 38 heavy (non-hydrogen) atoms. The molecule has 0 fully saturated rings. The van der Waals surface area contributed by atoms with Crippen LogP contribution in [0.15, 0.2) is 121 Å². The smallest absolute Gasteiger partial charge is 0.0279 e. The summed E-state index contributed by atoms with van der Waals surface area (Å²) in [6.45, 7) is 8.54. The molecule has 0 aliphatic carbocycles. The Bertz CT molecular complexity index is 1460. The maximum atomic E-state index is 2.26. The molecular weight excluding hydrogens is 583 g/mol. The molecule has 0 radical (unpaired) electrons. The average molecular weight is 615 g/mol. The molecule has 3 heteroatoms. The molecule has 0 unspecified atom stereocenters. The molecule has 0 saturated heterocycles. The molecule has 6 aromatic carbocycles. The summed E-state index contributed by atoms with van der Waals surface area (Å²) < 4.78 is 1.51. The molecular formula is C35H32Cl2Zr-2. The summed E-state index contributed by atoms with van der Waals surface area (Å²) in [4.78, 5) is 0. The number of fused-ring (bicyclic) bond motifs is 2. The van der Waals surface area contributed by atoms with Gasteiger partial charge in [0.05, 0.1) is 0 Å². The van der Waals surface area contributed by atoms with Gasteiger partial charge in [0.15, 0.2) is 0 Å². The van der Waals surface area contributed by atoms with E-state index < -0.39 is 0 Å². The molecule has 0 saturated carbocycles. The minimum atomic E-state index is 0. The first-order valence-corrected chi connectivity index (χ1v) is 13.6. The Morgan fingerprint density at radius 3 is 1.21 bits per heavy atom. The van der Waals surface area contributed by atoms with Gasteiger partial charge in [-0.15, -0.1) is 69.1 Å². The molecule has 6 aromatic rings. The summed E-state index contributed by atoms with van der Waals surface area (Å²) in [7, 11) is 0. The predicted molar refractivity (Wildman–Crippen MR) is 156 cm³/mol. The average Bonchev–Trinajstić information content (AvgIpc) is 3.45. The standard InChI is InChI=1S/2C16H13.C3H6.2ClH.Zr/c2*1-12-10-14-8-5-9-15(16(14)11-12)13-6-3-2-4-7-13;1-3-2;;;/h2*2-11H,1H3;1-2H3;2*1H;/q2*-1;;;;+2/p-2. The van der Waals surface area contributed by atoms with Gasteiger partial charge >= 0.3 is 41.3 Å². The van der Waals surface area contributed by atoms with E-state index in [-0.39, 0.29) is 24.8 Å². The molecule has 0 aliphatic heterocycles. The van der Waals surface area contributed by atoms with Crippen LogP contribution in [0.2, 0.25) is 0 Å². The summed E-state index contributed by atoms with van der Waals surface area (Å²) in [5, 5.41) is 5.37. The van der Waals surface area contributed by atoms with Gasteiger partial charge in [-0.1, -0.05) is 97.8 Å². The van der Waals surface area contributed by atoms with Gasteiger partial charge in [-0.25, -0.2) is 0 Å². The van der Waals surface area contributed by atoms with Gasteiger partial charge < -0.3 is 24.8 Å². The van der Waals surface area contributed by atoms with Crippen LogP contribution in [-0.4, -0.2) is 3.21 Å². The molecule has 0 atom stereocenters. The number of halogens is 2. The van der Waals surface area contributed by atoms with E-state index in [1.807, 2.05) is 0 Å². The van der Waals surface area contributed by atoms with E-state index in [9.17, 15) is 0 Å². The van der Waals surface area contributed by atoms with E-state index in [0.717, 1.165) is 0 Å². The zero-order valence-corrected chi connectivity index (χ0v) is 26.3. The molecule has 192 valence electrons. The van der Waals surface area contributed by atoms with Crippen LogP contribution in [-0.2, 0) is 24.2 Å². The van der Waals surface area contributed by atoms with Crippen molar-refractivity contribution in [2.75, 3.05) is 0 Å². The van der Waals surface area contributed by atoms with Gasteiger partial charge in [0.25, 0.3) is 0 Å². The van der Waals surface area contributed by atoms with E-state index in [2.05, 4.69) is 149 Å². The van der Waals surface area contributed by atoms with Gasteiger partial charge in [-0.3, -0.25) is 0 Å². The first-order valence-electron chi connectivity index (χ1n) is 12.4. The maximum Gasteiger partial charge on any atom is -0.0279 e. The number of aryl methyl sites for hydroxylation is 2. The number of rotatable bonds is 2. The first kappa shape index (κ1) is 31.6. The third-order valence-electron chi connectivity index (χ3n) is 5.96. The van der Waals surface area contributed by atoms with Crippen molar-refractivity contribution in [3.8, 4) is 22.3 Å². The van der Waals surface area contributed by atoms with Crippen LogP contribution < -0.4 is 24.8 Å². The second-order valence-electron chi connectivity index (χ2n) is 9.41. The van der Waals surface area contributed by atoms with Crippen LogP contribution in [0, 0.1) is 13.8 Å². The molecule has 6 rings (SSSR count). The fourth-order valence-electron chi connectivity index (χ4n) is 4.51. The van der Waals surface area contributed by atoms with Gasteiger partial charge in [-0.2, -0.15) is 12.1 Å². The summed E-state index contributed by atoms with van der Waals surface area (Å²) in [5.74, 6) is 0. The number of hydrogen-bond acceptors (Lipinski definition) is 0. The monoisotopic (exact) mass is 612 g/mol. The van der Waals surface area contributed by atoms with Crippen molar-refractivity contribution in [3.05, 3.63) is 132 Å². The molecule has 0 bridgehead atoms. The Morgan fingerprint density at radius 1 is 0.526 bits per heavy atom. The van der Waals surface area contributed by atoms with Gasteiger partial charge in [0, 0.05) is 0 Å². The van der Waals surface area contributed by atoms with Crippen LogP contribution in [0.25, 0.3) is 43.8 Å². The normalized spacial score (nSPS) is 9.84. The SMILES string of the molecule is C[C](C)=[Zr+2].Cc1cc2c(-c3ccccc3)cccc2[cH-]1.Cc1cc2c(-c3ccccc3)cccc2[cH-]1.[Cl-].[Cl-]. The van der Waals surface area contributed by atoms with Crippen molar-refractivity contribution in [2.24, 2.45) is 0 Å².